The highest BCUT2D eigenvalue weighted by molar-refractivity contribution is 5.40. The molecule has 0 amide bonds. The molecule has 1 N–H and O–H groups in total. The molecule has 0 saturated carbocycles. The summed E-state index contributed by atoms with van der Waals surface area (Å²) < 4.78 is 5.98. The minimum Gasteiger partial charge on any atom is -0.370 e. The van der Waals surface area contributed by atoms with Gasteiger partial charge in [-0.3, -0.25) is 9.88 Å². The predicted octanol–water partition coefficient (Wildman–Crippen LogP) is 0.607. The Bertz CT molecular complexity index is 511. The largest absolute Gasteiger partial charge is 0.370 e. The maximum absolute atomic E-state index is 9.08. The molecule has 0 aliphatic carbocycles. The second-order valence-electron chi connectivity index (χ2n) is 5.19. The first-order chi connectivity index (χ1) is 9.29. The molecule has 5 heteroatoms. The van der Waals surface area contributed by atoms with Gasteiger partial charge in [-0.2, -0.15) is 5.26 Å². The smallest absolute Gasteiger partial charge is 0.101 e. The molecule has 0 unspecified atom stereocenters. The van der Waals surface area contributed by atoms with E-state index in [1.54, 1.807) is 6.20 Å². The molecule has 1 aromatic rings. The summed E-state index contributed by atoms with van der Waals surface area (Å²) in [7, 11) is 0. The maximum atomic E-state index is 9.08. The monoisotopic (exact) mass is 258 g/mol. The number of morpholine rings is 1. The van der Waals surface area contributed by atoms with Crippen LogP contribution >= 0.6 is 0 Å². The Morgan fingerprint density at radius 2 is 2.42 bits per heavy atom. The molecule has 1 aromatic heterocycles. The Morgan fingerprint density at radius 3 is 3.26 bits per heavy atom. The van der Waals surface area contributed by atoms with Crippen LogP contribution in [0.4, 0.5) is 0 Å². The Labute approximate surface area is 113 Å². The average Bonchev–Trinajstić information content (AvgIpc) is 2.47. The van der Waals surface area contributed by atoms with Gasteiger partial charge in [0.2, 0.25) is 0 Å². The van der Waals surface area contributed by atoms with Crippen molar-refractivity contribution in [1.82, 2.24) is 15.2 Å². The van der Waals surface area contributed by atoms with E-state index in [1.165, 1.54) is 0 Å². The molecule has 2 saturated heterocycles. The Morgan fingerprint density at radius 1 is 1.53 bits per heavy atom. The van der Waals surface area contributed by atoms with Gasteiger partial charge in [0.15, 0.2) is 0 Å². The fourth-order valence-electron chi connectivity index (χ4n) is 2.87. The molecule has 2 aliphatic rings. The second-order valence-corrected chi connectivity index (χ2v) is 5.19. The van der Waals surface area contributed by atoms with Crippen LogP contribution in [0, 0.1) is 18.3 Å². The van der Waals surface area contributed by atoms with E-state index in [4.69, 9.17) is 10.00 Å². The van der Waals surface area contributed by atoms with Gasteiger partial charge in [0.25, 0.3) is 0 Å². The zero-order valence-corrected chi connectivity index (χ0v) is 11.1. The lowest BCUT2D eigenvalue weighted by atomic mass is 9.99. The van der Waals surface area contributed by atoms with Crippen LogP contribution in [0.15, 0.2) is 12.4 Å². The van der Waals surface area contributed by atoms with E-state index in [9.17, 15) is 0 Å². The second kappa shape index (κ2) is 5.25. The number of nitriles is 1. The average molecular weight is 258 g/mol. The third-order valence-corrected chi connectivity index (χ3v) is 4.08. The number of fused-ring (bicyclic) bond motifs is 1. The quantitative estimate of drug-likeness (QED) is 0.799. The van der Waals surface area contributed by atoms with E-state index in [0.717, 1.165) is 43.9 Å². The molecule has 3 heterocycles. The number of aromatic nitrogens is 1. The van der Waals surface area contributed by atoms with Crippen molar-refractivity contribution in [2.24, 2.45) is 0 Å². The molecular formula is C14H18N4O. The number of pyridine rings is 1. The van der Waals surface area contributed by atoms with E-state index in [2.05, 4.69) is 21.3 Å². The zero-order valence-electron chi connectivity index (χ0n) is 11.1. The van der Waals surface area contributed by atoms with Gasteiger partial charge in [-0.05, 0) is 12.5 Å². The number of hydrogen-bond acceptors (Lipinski definition) is 5. The molecule has 3 rings (SSSR count). The normalized spacial score (nSPS) is 27.6. The highest BCUT2D eigenvalue weighted by atomic mass is 16.5. The molecule has 100 valence electrons. The van der Waals surface area contributed by atoms with Crippen molar-refractivity contribution in [3.8, 4) is 6.07 Å². The van der Waals surface area contributed by atoms with Crippen LogP contribution in [0.25, 0.3) is 0 Å². The summed E-state index contributed by atoms with van der Waals surface area (Å²) in [5.41, 5.74) is 2.69. The first-order valence-electron chi connectivity index (χ1n) is 6.70. The van der Waals surface area contributed by atoms with Crippen molar-refractivity contribution in [3.63, 3.8) is 0 Å². The highest BCUT2D eigenvalue weighted by Gasteiger charge is 2.32. The van der Waals surface area contributed by atoms with Gasteiger partial charge in [-0.25, -0.2) is 0 Å². The van der Waals surface area contributed by atoms with Crippen molar-refractivity contribution in [2.45, 2.75) is 19.1 Å². The van der Waals surface area contributed by atoms with Gasteiger partial charge in [-0.1, -0.05) is 0 Å². The highest BCUT2D eigenvalue weighted by Crippen LogP contribution is 2.28. The molecule has 0 aromatic carbocycles. The van der Waals surface area contributed by atoms with E-state index in [0.29, 0.717) is 11.6 Å². The molecule has 2 fully saturated rings. The van der Waals surface area contributed by atoms with Gasteiger partial charge in [0, 0.05) is 50.2 Å². The minimum absolute atomic E-state index is 0.0372. The lowest BCUT2D eigenvalue weighted by molar-refractivity contribution is -0.0721. The van der Waals surface area contributed by atoms with Gasteiger partial charge < -0.3 is 10.1 Å². The summed E-state index contributed by atoms with van der Waals surface area (Å²) in [5.74, 6) is 0. The van der Waals surface area contributed by atoms with Gasteiger partial charge in [0.1, 0.15) is 6.07 Å². The van der Waals surface area contributed by atoms with E-state index < -0.39 is 0 Å². The first-order valence-corrected chi connectivity index (χ1v) is 6.70. The number of rotatable bonds is 1. The van der Waals surface area contributed by atoms with Crippen molar-refractivity contribution in [2.75, 3.05) is 32.8 Å². The third kappa shape index (κ3) is 2.35. The van der Waals surface area contributed by atoms with Gasteiger partial charge >= 0.3 is 0 Å². The van der Waals surface area contributed by atoms with Crippen LogP contribution in [-0.4, -0.2) is 48.7 Å². The Balaban J connectivity index is 1.82. The molecule has 2 aliphatic heterocycles. The van der Waals surface area contributed by atoms with Crippen LogP contribution in [0.2, 0.25) is 0 Å². The molecule has 2 atom stereocenters. The Kier molecular flexibility index (Phi) is 3.47. The molecule has 5 nitrogen and oxygen atoms in total. The maximum Gasteiger partial charge on any atom is 0.101 e. The number of hydrogen-bond donors (Lipinski definition) is 1. The zero-order chi connectivity index (χ0) is 13.2. The Hall–Kier alpha value is -1.48. The third-order valence-electron chi connectivity index (χ3n) is 4.08. The predicted molar refractivity (Wildman–Crippen MR) is 70.6 cm³/mol. The van der Waals surface area contributed by atoms with Crippen molar-refractivity contribution < 1.29 is 4.74 Å². The lowest BCUT2D eigenvalue weighted by Crippen LogP contribution is -2.57. The molecule has 0 bridgehead atoms. The van der Waals surface area contributed by atoms with Crippen LogP contribution in [0.5, 0.6) is 0 Å². The summed E-state index contributed by atoms with van der Waals surface area (Å²) in [6.07, 6.45) is 3.49. The summed E-state index contributed by atoms with van der Waals surface area (Å²) in [4.78, 5) is 6.64. The number of piperazine rings is 1. The fraction of sp³-hybridized carbons (Fsp3) is 0.571. The SMILES string of the molecule is Cc1c(C#N)cncc1[C@@H]1CN2CCNC[C@H]2CO1. The van der Waals surface area contributed by atoms with Crippen LogP contribution in [0.3, 0.4) is 0 Å². The number of ether oxygens (including phenoxy) is 1. The van der Waals surface area contributed by atoms with E-state index in [-0.39, 0.29) is 6.10 Å². The topological polar surface area (TPSA) is 61.2 Å². The molecular weight excluding hydrogens is 240 g/mol. The van der Waals surface area contributed by atoms with Gasteiger partial charge in [0.05, 0.1) is 18.3 Å². The minimum atomic E-state index is 0.0372. The van der Waals surface area contributed by atoms with Crippen LogP contribution in [0.1, 0.15) is 22.8 Å². The standard InChI is InChI=1S/C14H18N4O/c1-10-11(4-15)5-17-7-13(10)14-8-18-3-2-16-6-12(18)9-19-14/h5,7,12,14,16H,2-3,6,8-9H2,1H3/t12-,14-/m0/s1. The van der Waals surface area contributed by atoms with Crippen molar-refractivity contribution in [3.05, 3.63) is 29.1 Å². The number of nitrogens with zero attached hydrogens (tertiary/aromatic N) is 3. The van der Waals surface area contributed by atoms with Crippen LogP contribution in [-0.2, 0) is 4.74 Å². The lowest BCUT2D eigenvalue weighted by Gasteiger charge is -2.43. The fourth-order valence-corrected chi connectivity index (χ4v) is 2.87. The summed E-state index contributed by atoms with van der Waals surface area (Å²) in [6, 6.07) is 2.67. The first kappa shape index (κ1) is 12.5. The summed E-state index contributed by atoms with van der Waals surface area (Å²) in [6.45, 7) is 6.72. The molecule has 19 heavy (non-hydrogen) atoms. The molecule has 0 radical (unpaired) electrons. The van der Waals surface area contributed by atoms with Crippen molar-refractivity contribution in [1.29, 1.82) is 5.26 Å². The molecule has 0 spiro atoms. The van der Waals surface area contributed by atoms with Crippen LogP contribution < -0.4 is 5.32 Å². The van der Waals surface area contributed by atoms with Gasteiger partial charge in [-0.15, -0.1) is 0 Å². The summed E-state index contributed by atoms with van der Waals surface area (Å²) >= 11 is 0. The van der Waals surface area contributed by atoms with Crippen molar-refractivity contribution >= 4 is 0 Å². The van der Waals surface area contributed by atoms with E-state index >= 15 is 0 Å². The summed E-state index contributed by atoms with van der Waals surface area (Å²) in [5, 5.41) is 12.5. The van der Waals surface area contributed by atoms with E-state index in [1.807, 2.05) is 13.1 Å². The number of nitrogens with one attached hydrogen (secondary N) is 1.